The summed E-state index contributed by atoms with van der Waals surface area (Å²) < 4.78 is 20.8. The Bertz CT molecular complexity index is 1290. The molecule has 0 radical (unpaired) electrons. The molecule has 0 amide bonds. The highest BCUT2D eigenvalue weighted by Gasteiger charge is 2.17. The van der Waals surface area contributed by atoms with Crippen LogP contribution in [0, 0.1) is 19.7 Å². The molecule has 1 saturated heterocycles. The molecule has 1 aliphatic rings. The average molecular weight is 461 g/mol. The number of nitrogens with zero attached hydrogens (tertiary/aromatic N) is 4. The number of ether oxygens (including phenoxy) is 1. The molecule has 0 unspecified atom stereocenters. The molecule has 1 fully saturated rings. The summed E-state index contributed by atoms with van der Waals surface area (Å²) >= 11 is 0. The predicted molar refractivity (Wildman–Crippen MR) is 134 cm³/mol. The first-order chi connectivity index (χ1) is 16.5. The van der Waals surface area contributed by atoms with E-state index >= 15 is 0 Å². The van der Waals surface area contributed by atoms with E-state index in [9.17, 15) is 4.39 Å². The number of piperazine rings is 1. The Morgan fingerprint density at radius 1 is 1.03 bits per heavy atom. The molecular formula is C26H29FN6O. The zero-order valence-corrected chi connectivity index (χ0v) is 19.7. The van der Waals surface area contributed by atoms with Crippen LogP contribution in [0.3, 0.4) is 0 Å². The number of hydrogen-bond donors (Lipinski definition) is 2. The second kappa shape index (κ2) is 9.30. The minimum absolute atomic E-state index is 0.131. The van der Waals surface area contributed by atoms with E-state index in [-0.39, 0.29) is 5.75 Å². The van der Waals surface area contributed by atoms with Crippen LogP contribution in [-0.2, 0) is 0 Å². The SMILES string of the molecule is CCN1CCN(c2ccc(Nc3ncnc(Oc4ccc5[nH]c(C)cc5c4F)c3C)cc2)CC1. The molecule has 8 heteroatoms. The van der Waals surface area contributed by atoms with Crippen LogP contribution < -0.4 is 15.0 Å². The molecule has 1 aliphatic heterocycles. The molecule has 0 aliphatic carbocycles. The van der Waals surface area contributed by atoms with Gasteiger partial charge in [0.25, 0.3) is 0 Å². The fourth-order valence-corrected chi connectivity index (χ4v) is 4.35. The molecule has 4 aromatic rings. The first-order valence-corrected chi connectivity index (χ1v) is 11.6. The minimum Gasteiger partial charge on any atom is -0.435 e. The van der Waals surface area contributed by atoms with Gasteiger partial charge in [0.2, 0.25) is 5.88 Å². The molecule has 3 heterocycles. The summed E-state index contributed by atoms with van der Waals surface area (Å²) in [6.45, 7) is 11.3. The van der Waals surface area contributed by atoms with Gasteiger partial charge in [0.05, 0.1) is 5.56 Å². The Labute approximate surface area is 198 Å². The highest BCUT2D eigenvalue weighted by Crippen LogP contribution is 2.33. The Morgan fingerprint density at radius 2 is 1.79 bits per heavy atom. The number of likely N-dealkylation sites (N-methyl/N-ethyl adjacent to an activating group) is 1. The van der Waals surface area contributed by atoms with Crippen LogP contribution in [0.15, 0.2) is 48.8 Å². The molecule has 5 rings (SSSR count). The van der Waals surface area contributed by atoms with Gasteiger partial charge in [0, 0.05) is 54.2 Å². The van der Waals surface area contributed by atoms with E-state index in [1.807, 2.05) is 26.0 Å². The van der Waals surface area contributed by atoms with Crippen molar-refractivity contribution in [2.75, 3.05) is 42.9 Å². The number of H-pyrrole nitrogens is 1. The molecule has 34 heavy (non-hydrogen) atoms. The molecular weight excluding hydrogens is 431 g/mol. The summed E-state index contributed by atoms with van der Waals surface area (Å²) in [5.41, 5.74) is 4.46. The lowest BCUT2D eigenvalue weighted by atomic mass is 10.2. The topological polar surface area (TPSA) is 69.3 Å². The highest BCUT2D eigenvalue weighted by atomic mass is 19.1. The highest BCUT2D eigenvalue weighted by molar-refractivity contribution is 5.82. The van der Waals surface area contributed by atoms with Crippen LogP contribution in [0.5, 0.6) is 11.6 Å². The van der Waals surface area contributed by atoms with Gasteiger partial charge in [-0.1, -0.05) is 6.92 Å². The summed E-state index contributed by atoms with van der Waals surface area (Å²) in [5.74, 6) is 0.651. The molecule has 7 nitrogen and oxygen atoms in total. The fourth-order valence-electron chi connectivity index (χ4n) is 4.35. The third-order valence-corrected chi connectivity index (χ3v) is 6.40. The molecule has 0 bridgehead atoms. The summed E-state index contributed by atoms with van der Waals surface area (Å²) in [6.07, 6.45) is 1.42. The Kier molecular flexibility index (Phi) is 6.06. The van der Waals surface area contributed by atoms with Crippen LogP contribution in [0.2, 0.25) is 0 Å². The van der Waals surface area contributed by atoms with E-state index in [0.29, 0.717) is 22.6 Å². The Morgan fingerprint density at radius 3 is 2.53 bits per heavy atom. The zero-order chi connectivity index (χ0) is 23.7. The molecule has 0 saturated carbocycles. The van der Waals surface area contributed by atoms with Gasteiger partial charge in [-0.15, -0.1) is 0 Å². The Balaban J connectivity index is 1.31. The van der Waals surface area contributed by atoms with Crippen molar-refractivity contribution < 1.29 is 9.13 Å². The van der Waals surface area contributed by atoms with Gasteiger partial charge < -0.3 is 24.8 Å². The van der Waals surface area contributed by atoms with E-state index in [2.05, 4.69) is 49.1 Å². The van der Waals surface area contributed by atoms with E-state index in [1.165, 1.54) is 12.0 Å². The third-order valence-electron chi connectivity index (χ3n) is 6.40. The standard InChI is InChI=1S/C26H29FN6O/c1-4-32-11-13-33(14-12-32)20-7-5-19(6-8-20)31-25-18(3)26(29-16-28-25)34-23-10-9-22-21(24(23)27)15-17(2)30-22/h5-10,15-16,30H,4,11-14H2,1-3H3,(H,28,29,31). The number of aromatic nitrogens is 3. The number of benzene rings is 2. The van der Waals surface area contributed by atoms with E-state index < -0.39 is 5.82 Å². The number of hydrogen-bond acceptors (Lipinski definition) is 6. The van der Waals surface area contributed by atoms with Crippen LogP contribution >= 0.6 is 0 Å². The molecule has 2 aromatic heterocycles. The summed E-state index contributed by atoms with van der Waals surface area (Å²) in [4.78, 5) is 16.6. The predicted octanol–water partition coefficient (Wildman–Crippen LogP) is 5.39. The maximum Gasteiger partial charge on any atom is 0.227 e. The number of nitrogens with one attached hydrogen (secondary N) is 2. The van der Waals surface area contributed by atoms with Crippen LogP contribution in [0.25, 0.3) is 10.9 Å². The number of halogens is 1. The molecule has 176 valence electrons. The van der Waals surface area contributed by atoms with Crippen molar-refractivity contribution >= 4 is 28.1 Å². The maximum atomic E-state index is 15.0. The average Bonchev–Trinajstić information content (AvgIpc) is 3.25. The Hall–Kier alpha value is -3.65. The van der Waals surface area contributed by atoms with Crippen molar-refractivity contribution in [2.24, 2.45) is 0 Å². The smallest absolute Gasteiger partial charge is 0.227 e. The number of fused-ring (bicyclic) bond motifs is 1. The van der Waals surface area contributed by atoms with Gasteiger partial charge in [-0.05, 0) is 62.9 Å². The first kappa shape index (κ1) is 22.2. The second-order valence-corrected chi connectivity index (χ2v) is 8.64. The van der Waals surface area contributed by atoms with Gasteiger partial charge in [-0.25, -0.2) is 14.4 Å². The fraction of sp³-hybridized carbons (Fsp3) is 0.308. The van der Waals surface area contributed by atoms with Crippen LogP contribution in [-0.4, -0.2) is 52.6 Å². The molecule has 2 N–H and O–H groups in total. The van der Waals surface area contributed by atoms with Gasteiger partial charge >= 0.3 is 0 Å². The maximum absolute atomic E-state index is 15.0. The third kappa shape index (κ3) is 4.41. The van der Waals surface area contributed by atoms with Gasteiger partial charge in [0.1, 0.15) is 12.1 Å². The lowest BCUT2D eigenvalue weighted by Gasteiger charge is -2.35. The number of aromatic amines is 1. The number of aryl methyl sites for hydroxylation is 1. The zero-order valence-electron chi connectivity index (χ0n) is 19.7. The van der Waals surface area contributed by atoms with Crippen molar-refractivity contribution in [1.29, 1.82) is 0 Å². The van der Waals surface area contributed by atoms with E-state index in [4.69, 9.17) is 4.74 Å². The lowest BCUT2D eigenvalue weighted by molar-refractivity contribution is 0.271. The van der Waals surface area contributed by atoms with E-state index in [1.54, 1.807) is 18.2 Å². The van der Waals surface area contributed by atoms with Crippen molar-refractivity contribution in [1.82, 2.24) is 19.9 Å². The number of anilines is 3. The monoisotopic (exact) mass is 460 g/mol. The van der Waals surface area contributed by atoms with Crippen LogP contribution in [0.1, 0.15) is 18.2 Å². The van der Waals surface area contributed by atoms with Gasteiger partial charge in [-0.3, -0.25) is 0 Å². The second-order valence-electron chi connectivity index (χ2n) is 8.64. The normalized spacial score (nSPS) is 14.5. The van der Waals surface area contributed by atoms with Crippen molar-refractivity contribution in [2.45, 2.75) is 20.8 Å². The quantitative estimate of drug-likeness (QED) is 0.402. The minimum atomic E-state index is -0.412. The summed E-state index contributed by atoms with van der Waals surface area (Å²) in [6, 6.07) is 13.5. The summed E-state index contributed by atoms with van der Waals surface area (Å²) in [5, 5.41) is 3.83. The van der Waals surface area contributed by atoms with Crippen molar-refractivity contribution in [3.8, 4) is 11.6 Å². The van der Waals surface area contributed by atoms with E-state index in [0.717, 1.165) is 49.6 Å². The summed E-state index contributed by atoms with van der Waals surface area (Å²) in [7, 11) is 0. The van der Waals surface area contributed by atoms with Gasteiger partial charge in [-0.2, -0.15) is 0 Å². The van der Waals surface area contributed by atoms with Crippen molar-refractivity contribution in [3.63, 3.8) is 0 Å². The largest absolute Gasteiger partial charge is 0.435 e. The lowest BCUT2D eigenvalue weighted by Crippen LogP contribution is -2.46. The van der Waals surface area contributed by atoms with Crippen LogP contribution in [0.4, 0.5) is 21.6 Å². The molecule has 2 aromatic carbocycles. The first-order valence-electron chi connectivity index (χ1n) is 11.6. The van der Waals surface area contributed by atoms with Crippen molar-refractivity contribution in [3.05, 3.63) is 65.9 Å². The molecule has 0 atom stereocenters. The van der Waals surface area contributed by atoms with Gasteiger partial charge in [0.15, 0.2) is 11.6 Å². The molecule has 0 spiro atoms. The number of rotatable bonds is 6.